The van der Waals surface area contributed by atoms with Crippen LogP contribution in [-0.2, 0) is 4.74 Å². The highest BCUT2D eigenvalue weighted by molar-refractivity contribution is 4.78. The van der Waals surface area contributed by atoms with Crippen molar-refractivity contribution < 1.29 is 4.74 Å². The van der Waals surface area contributed by atoms with E-state index in [0.717, 1.165) is 38.3 Å². The smallest absolute Gasteiger partial charge is 0.0593 e. The standard InChI is InChI=1S/C14H30N2O/c1-13(2)7-10-17-11-9-16-8-5-4-6-14(16)12-15-3/h13-15H,4-12H2,1-3H3. The lowest BCUT2D eigenvalue weighted by Crippen LogP contribution is -2.46. The molecule has 0 aromatic heterocycles. The molecule has 1 heterocycles. The fourth-order valence-electron chi connectivity index (χ4n) is 2.42. The number of hydrogen-bond donors (Lipinski definition) is 1. The second kappa shape index (κ2) is 8.90. The van der Waals surface area contributed by atoms with Crippen molar-refractivity contribution in [3.05, 3.63) is 0 Å². The summed E-state index contributed by atoms with van der Waals surface area (Å²) in [5.74, 6) is 0.752. The summed E-state index contributed by atoms with van der Waals surface area (Å²) in [5.41, 5.74) is 0. The van der Waals surface area contributed by atoms with Gasteiger partial charge in [0, 0.05) is 25.7 Å². The minimum absolute atomic E-state index is 0.724. The van der Waals surface area contributed by atoms with Gasteiger partial charge in [-0.1, -0.05) is 20.3 Å². The van der Waals surface area contributed by atoms with E-state index < -0.39 is 0 Å². The van der Waals surface area contributed by atoms with Gasteiger partial charge in [-0.15, -0.1) is 0 Å². The lowest BCUT2D eigenvalue weighted by molar-refractivity contribution is 0.0675. The maximum Gasteiger partial charge on any atom is 0.0593 e. The number of rotatable bonds is 8. The van der Waals surface area contributed by atoms with Crippen molar-refractivity contribution in [2.24, 2.45) is 5.92 Å². The predicted molar refractivity (Wildman–Crippen MR) is 73.4 cm³/mol. The summed E-state index contributed by atoms with van der Waals surface area (Å²) >= 11 is 0. The summed E-state index contributed by atoms with van der Waals surface area (Å²) in [6.07, 6.45) is 5.26. The van der Waals surface area contributed by atoms with Gasteiger partial charge in [-0.2, -0.15) is 0 Å². The van der Waals surface area contributed by atoms with Crippen LogP contribution in [0.3, 0.4) is 0 Å². The highest BCUT2D eigenvalue weighted by Crippen LogP contribution is 2.15. The Kier molecular flexibility index (Phi) is 7.82. The van der Waals surface area contributed by atoms with Crippen LogP contribution in [0.2, 0.25) is 0 Å². The molecule has 17 heavy (non-hydrogen) atoms. The lowest BCUT2D eigenvalue weighted by Gasteiger charge is -2.35. The topological polar surface area (TPSA) is 24.5 Å². The number of hydrogen-bond acceptors (Lipinski definition) is 3. The van der Waals surface area contributed by atoms with E-state index in [0.29, 0.717) is 0 Å². The van der Waals surface area contributed by atoms with E-state index in [1.807, 2.05) is 7.05 Å². The first-order valence-electron chi connectivity index (χ1n) is 7.20. The average Bonchev–Trinajstić information content (AvgIpc) is 2.31. The number of likely N-dealkylation sites (tertiary alicyclic amines) is 1. The number of nitrogens with one attached hydrogen (secondary N) is 1. The first kappa shape index (κ1) is 14.9. The quantitative estimate of drug-likeness (QED) is 0.660. The number of nitrogens with zero attached hydrogens (tertiary/aromatic N) is 1. The molecule has 0 aromatic carbocycles. The third-order valence-electron chi connectivity index (χ3n) is 3.55. The maximum absolute atomic E-state index is 5.71. The first-order chi connectivity index (χ1) is 8.24. The molecule has 1 atom stereocenters. The van der Waals surface area contributed by atoms with Crippen LogP contribution in [0, 0.1) is 5.92 Å². The number of piperidine rings is 1. The third kappa shape index (κ3) is 6.39. The molecule has 3 nitrogen and oxygen atoms in total. The molecule has 0 aliphatic carbocycles. The summed E-state index contributed by atoms with van der Waals surface area (Å²) in [6, 6.07) is 0.724. The zero-order chi connectivity index (χ0) is 12.5. The second-order valence-electron chi connectivity index (χ2n) is 5.54. The van der Waals surface area contributed by atoms with Crippen LogP contribution in [-0.4, -0.2) is 50.8 Å². The Labute approximate surface area is 107 Å². The number of ether oxygens (including phenoxy) is 1. The van der Waals surface area contributed by atoms with Crippen molar-refractivity contribution in [3.63, 3.8) is 0 Å². The Bertz CT molecular complexity index is 183. The molecule has 1 aliphatic heterocycles. The molecule has 1 N–H and O–H groups in total. The van der Waals surface area contributed by atoms with Gasteiger partial charge >= 0.3 is 0 Å². The van der Waals surface area contributed by atoms with Crippen LogP contribution in [0.5, 0.6) is 0 Å². The maximum atomic E-state index is 5.71. The summed E-state index contributed by atoms with van der Waals surface area (Å²) in [5, 5.41) is 3.30. The van der Waals surface area contributed by atoms with Crippen LogP contribution in [0.25, 0.3) is 0 Å². The molecule has 1 fully saturated rings. The van der Waals surface area contributed by atoms with Crippen molar-refractivity contribution in [2.45, 2.75) is 45.6 Å². The van der Waals surface area contributed by atoms with Crippen LogP contribution in [0.15, 0.2) is 0 Å². The van der Waals surface area contributed by atoms with Crippen molar-refractivity contribution in [3.8, 4) is 0 Å². The van der Waals surface area contributed by atoms with Gasteiger partial charge in [-0.05, 0) is 38.8 Å². The summed E-state index contributed by atoms with van der Waals surface area (Å²) in [4.78, 5) is 2.59. The van der Waals surface area contributed by atoms with Crippen LogP contribution < -0.4 is 5.32 Å². The largest absolute Gasteiger partial charge is 0.380 e. The molecule has 0 amide bonds. The minimum atomic E-state index is 0.724. The Morgan fingerprint density at radius 1 is 1.29 bits per heavy atom. The molecule has 1 rings (SSSR count). The van der Waals surface area contributed by atoms with Crippen molar-refractivity contribution >= 4 is 0 Å². The van der Waals surface area contributed by atoms with Crippen molar-refractivity contribution in [2.75, 3.05) is 39.9 Å². The molecular weight excluding hydrogens is 212 g/mol. The van der Waals surface area contributed by atoms with Crippen LogP contribution in [0.1, 0.15) is 39.5 Å². The third-order valence-corrected chi connectivity index (χ3v) is 3.55. The van der Waals surface area contributed by atoms with Gasteiger partial charge in [-0.25, -0.2) is 0 Å². The molecule has 1 unspecified atom stereocenters. The lowest BCUT2D eigenvalue weighted by atomic mass is 10.0. The average molecular weight is 242 g/mol. The van der Waals surface area contributed by atoms with E-state index in [1.54, 1.807) is 0 Å². The van der Waals surface area contributed by atoms with Crippen molar-refractivity contribution in [1.82, 2.24) is 10.2 Å². The molecule has 3 heteroatoms. The Morgan fingerprint density at radius 3 is 2.82 bits per heavy atom. The fourth-order valence-corrected chi connectivity index (χ4v) is 2.42. The normalized spacial score (nSPS) is 22.2. The Balaban J connectivity index is 2.10. The van der Waals surface area contributed by atoms with Crippen molar-refractivity contribution in [1.29, 1.82) is 0 Å². The Morgan fingerprint density at radius 2 is 2.12 bits per heavy atom. The van der Waals surface area contributed by atoms with Gasteiger partial charge in [0.15, 0.2) is 0 Å². The van der Waals surface area contributed by atoms with E-state index in [9.17, 15) is 0 Å². The number of likely N-dealkylation sites (N-methyl/N-ethyl adjacent to an activating group) is 1. The van der Waals surface area contributed by atoms with Crippen LogP contribution >= 0.6 is 0 Å². The predicted octanol–water partition coefficient (Wildman–Crippen LogP) is 2.12. The highest BCUT2D eigenvalue weighted by atomic mass is 16.5. The SMILES string of the molecule is CNCC1CCCCN1CCOCCC(C)C. The first-order valence-corrected chi connectivity index (χ1v) is 7.20. The second-order valence-corrected chi connectivity index (χ2v) is 5.54. The molecule has 0 bridgehead atoms. The molecule has 0 aromatic rings. The molecule has 1 aliphatic rings. The highest BCUT2D eigenvalue weighted by Gasteiger charge is 2.20. The minimum Gasteiger partial charge on any atom is -0.380 e. The van der Waals surface area contributed by atoms with E-state index in [-0.39, 0.29) is 0 Å². The molecular formula is C14H30N2O. The molecule has 0 saturated carbocycles. The molecule has 102 valence electrons. The molecule has 0 radical (unpaired) electrons. The summed E-state index contributed by atoms with van der Waals surface area (Å²) in [7, 11) is 2.05. The van der Waals surface area contributed by atoms with Gasteiger partial charge in [-0.3, -0.25) is 4.90 Å². The van der Waals surface area contributed by atoms with E-state index in [2.05, 4.69) is 24.1 Å². The Hall–Kier alpha value is -0.120. The van der Waals surface area contributed by atoms with Gasteiger partial charge in [0.2, 0.25) is 0 Å². The van der Waals surface area contributed by atoms with Gasteiger partial charge in [0.1, 0.15) is 0 Å². The van der Waals surface area contributed by atoms with Crippen LogP contribution in [0.4, 0.5) is 0 Å². The monoisotopic (exact) mass is 242 g/mol. The zero-order valence-electron chi connectivity index (χ0n) is 11.9. The fraction of sp³-hybridized carbons (Fsp3) is 1.00. The molecule has 0 spiro atoms. The summed E-state index contributed by atoms with van der Waals surface area (Å²) in [6.45, 7) is 9.78. The molecule has 1 saturated heterocycles. The van der Waals surface area contributed by atoms with Gasteiger partial charge in [0.25, 0.3) is 0 Å². The van der Waals surface area contributed by atoms with E-state index in [4.69, 9.17) is 4.74 Å². The zero-order valence-corrected chi connectivity index (χ0v) is 11.9. The summed E-state index contributed by atoms with van der Waals surface area (Å²) < 4.78 is 5.71. The van der Waals surface area contributed by atoms with Gasteiger partial charge in [0.05, 0.1) is 6.61 Å². The van der Waals surface area contributed by atoms with Gasteiger partial charge < -0.3 is 10.1 Å². The van der Waals surface area contributed by atoms with E-state index >= 15 is 0 Å². The van der Waals surface area contributed by atoms with E-state index in [1.165, 1.54) is 32.2 Å².